The Balaban J connectivity index is 1.78. The van der Waals surface area contributed by atoms with Gasteiger partial charge in [-0.25, -0.2) is 0 Å². The number of aromatic amines is 1. The fourth-order valence-electron chi connectivity index (χ4n) is 3.12. The number of hydrogen-bond acceptors (Lipinski definition) is 6. The Morgan fingerprint density at radius 2 is 1.87 bits per heavy atom. The number of carbonyl (C=O) groups is 2. The molecule has 1 aromatic heterocycles. The van der Waals surface area contributed by atoms with Crippen LogP contribution < -0.4 is 10.1 Å². The van der Waals surface area contributed by atoms with E-state index in [9.17, 15) is 9.59 Å². The highest BCUT2D eigenvalue weighted by Crippen LogP contribution is 2.22. The van der Waals surface area contributed by atoms with Gasteiger partial charge in [0, 0.05) is 5.56 Å². The lowest BCUT2D eigenvalue weighted by Crippen LogP contribution is -2.33. The molecule has 0 aliphatic heterocycles. The summed E-state index contributed by atoms with van der Waals surface area (Å²) in [6.07, 6.45) is 0.0226. The molecule has 1 heterocycles. The number of benzene rings is 2. The van der Waals surface area contributed by atoms with Gasteiger partial charge in [0.05, 0.1) is 26.2 Å². The molecule has 9 heteroatoms. The van der Waals surface area contributed by atoms with E-state index in [0.717, 1.165) is 16.9 Å². The highest BCUT2D eigenvalue weighted by atomic mass is 32.1. The van der Waals surface area contributed by atoms with Gasteiger partial charge in [-0.05, 0) is 49.0 Å². The van der Waals surface area contributed by atoms with Gasteiger partial charge in [-0.15, -0.1) is 0 Å². The Kier molecular flexibility index (Phi) is 7.55. The fraction of sp³-hybridized carbons (Fsp3) is 0.273. The highest BCUT2D eigenvalue weighted by Gasteiger charge is 2.20. The first-order valence-electron chi connectivity index (χ1n) is 9.81. The van der Waals surface area contributed by atoms with E-state index in [1.165, 1.54) is 7.11 Å². The number of aromatic nitrogens is 3. The highest BCUT2D eigenvalue weighted by molar-refractivity contribution is 7.71. The number of ether oxygens (including phenoxy) is 2. The molecule has 8 nitrogen and oxygen atoms in total. The van der Waals surface area contributed by atoms with Gasteiger partial charge in [-0.3, -0.25) is 19.3 Å². The van der Waals surface area contributed by atoms with Crippen molar-refractivity contribution < 1.29 is 19.1 Å². The lowest BCUT2D eigenvalue weighted by atomic mass is 10.0. The van der Waals surface area contributed by atoms with Crippen LogP contribution in [0.1, 0.15) is 24.9 Å². The second kappa shape index (κ2) is 10.5. The molecule has 1 unspecified atom stereocenters. The molecule has 0 saturated carbocycles. The van der Waals surface area contributed by atoms with Crippen molar-refractivity contribution in [3.8, 4) is 17.1 Å². The zero-order valence-electron chi connectivity index (χ0n) is 17.3. The largest absolute Gasteiger partial charge is 0.494 e. The number of H-pyrrole nitrogens is 1. The van der Waals surface area contributed by atoms with Crippen molar-refractivity contribution in [2.75, 3.05) is 13.7 Å². The van der Waals surface area contributed by atoms with Crippen LogP contribution in [0.25, 0.3) is 11.4 Å². The molecule has 3 rings (SSSR count). The maximum Gasteiger partial charge on any atom is 0.307 e. The van der Waals surface area contributed by atoms with E-state index in [1.54, 1.807) is 4.57 Å². The van der Waals surface area contributed by atoms with E-state index in [-0.39, 0.29) is 18.9 Å². The number of esters is 1. The molecule has 0 aliphatic carbocycles. The van der Waals surface area contributed by atoms with Gasteiger partial charge in [0.15, 0.2) is 10.6 Å². The number of amides is 1. The summed E-state index contributed by atoms with van der Waals surface area (Å²) in [4.78, 5) is 24.7. The predicted octanol–water partition coefficient (Wildman–Crippen LogP) is 3.43. The van der Waals surface area contributed by atoms with E-state index in [2.05, 4.69) is 15.5 Å². The quantitative estimate of drug-likeness (QED) is 0.391. The summed E-state index contributed by atoms with van der Waals surface area (Å²) in [6, 6.07) is 16.1. The smallest absolute Gasteiger partial charge is 0.307 e. The Hall–Kier alpha value is -3.46. The van der Waals surface area contributed by atoms with E-state index >= 15 is 0 Å². The van der Waals surface area contributed by atoms with Crippen LogP contribution in [-0.2, 0) is 20.9 Å². The summed E-state index contributed by atoms with van der Waals surface area (Å²) in [5, 5.41) is 9.90. The topological polar surface area (TPSA) is 98.2 Å². The fourth-order valence-corrected chi connectivity index (χ4v) is 3.32. The van der Waals surface area contributed by atoms with Crippen molar-refractivity contribution in [2.45, 2.75) is 25.9 Å². The molecule has 0 spiro atoms. The predicted molar refractivity (Wildman–Crippen MR) is 118 cm³/mol. The second-order valence-electron chi connectivity index (χ2n) is 6.71. The molecule has 0 saturated heterocycles. The van der Waals surface area contributed by atoms with Crippen LogP contribution >= 0.6 is 12.2 Å². The summed E-state index contributed by atoms with van der Waals surface area (Å²) in [5.41, 5.74) is 1.60. The lowest BCUT2D eigenvalue weighted by molar-refractivity contribution is -0.141. The van der Waals surface area contributed by atoms with E-state index < -0.39 is 12.0 Å². The van der Waals surface area contributed by atoms with Crippen molar-refractivity contribution in [3.63, 3.8) is 0 Å². The van der Waals surface area contributed by atoms with Crippen LogP contribution in [0, 0.1) is 4.77 Å². The molecule has 1 amide bonds. The molecule has 2 N–H and O–H groups in total. The van der Waals surface area contributed by atoms with Gasteiger partial charge in [0.25, 0.3) is 0 Å². The molecular weight excluding hydrogens is 416 g/mol. The van der Waals surface area contributed by atoms with E-state index in [0.29, 0.717) is 17.2 Å². The van der Waals surface area contributed by atoms with Crippen LogP contribution in [0.4, 0.5) is 0 Å². The monoisotopic (exact) mass is 440 g/mol. The lowest BCUT2D eigenvalue weighted by Gasteiger charge is -2.18. The minimum absolute atomic E-state index is 0.0226. The van der Waals surface area contributed by atoms with Crippen molar-refractivity contribution in [1.82, 2.24) is 20.1 Å². The van der Waals surface area contributed by atoms with Gasteiger partial charge in [-0.1, -0.05) is 30.3 Å². The maximum absolute atomic E-state index is 12.8. The molecule has 0 radical (unpaired) electrons. The van der Waals surface area contributed by atoms with Gasteiger partial charge < -0.3 is 14.8 Å². The molecule has 0 bridgehead atoms. The second-order valence-corrected chi connectivity index (χ2v) is 7.09. The van der Waals surface area contributed by atoms with Crippen molar-refractivity contribution in [2.24, 2.45) is 0 Å². The molecule has 2 aromatic carbocycles. The minimum Gasteiger partial charge on any atom is -0.494 e. The molecule has 1 atom stereocenters. The number of methoxy groups -OCH3 is 1. The first-order valence-corrected chi connectivity index (χ1v) is 10.2. The van der Waals surface area contributed by atoms with Gasteiger partial charge in [-0.2, -0.15) is 5.10 Å². The zero-order valence-corrected chi connectivity index (χ0v) is 18.1. The van der Waals surface area contributed by atoms with Crippen LogP contribution in [0.2, 0.25) is 0 Å². The van der Waals surface area contributed by atoms with Crippen molar-refractivity contribution >= 4 is 24.1 Å². The average Bonchev–Trinajstić information content (AvgIpc) is 3.14. The molecule has 3 aromatic rings. The number of carbonyl (C=O) groups excluding carboxylic acids is 2. The third-order valence-corrected chi connectivity index (χ3v) is 4.93. The summed E-state index contributed by atoms with van der Waals surface area (Å²) >= 11 is 5.32. The SMILES string of the molecule is CCOc1ccc(-c2n[nH]c(=S)n2CC(=O)NC(CC(=O)OC)c2ccccc2)cc1. The number of rotatable bonds is 9. The standard InChI is InChI=1S/C22H24N4O4S/c1-3-30-17-11-9-16(10-12-17)21-24-25-22(31)26(21)14-19(27)23-18(13-20(28)29-2)15-7-5-4-6-8-15/h4-12,18H,3,13-14H2,1-2H3,(H,23,27)(H,25,31). The van der Waals surface area contributed by atoms with E-state index in [4.69, 9.17) is 21.7 Å². The average molecular weight is 441 g/mol. The van der Waals surface area contributed by atoms with Gasteiger partial charge >= 0.3 is 5.97 Å². The number of hydrogen-bond donors (Lipinski definition) is 2. The molecule has 162 valence electrons. The molecule has 31 heavy (non-hydrogen) atoms. The molecular formula is C22H24N4O4S. The maximum atomic E-state index is 12.8. The first kappa shape index (κ1) is 22.2. The van der Waals surface area contributed by atoms with Crippen LogP contribution in [0.15, 0.2) is 54.6 Å². The Morgan fingerprint density at radius 1 is 1.16 bits per heavy atom. The summed E-state index contributed by atoms with van der Waals surface area (Å²) < 4.78 is 12.2. The summed E-state index contributed by atoms with van der Waals surface area (Å²) in [5.74, 6) is 0.567. The van der Waals surface area contributed by atoms with Crippen LogP contribution in [-0.4, -0.2) is 40.4 Å². The van der Waals surface area contributed by atoms with Crippen LogP contribution in [0.5, 0.6) is 5.75 Å². The molecule has 0 aliphatic rings. The summed E-state index contributed by atoms with van der Waals surface area (Å²) in [7, 11) is 1.32. The van der Waals surface area contributed by atoms with Crippen molar-refractivity contribution in [1.29, 1.82) is 0 Å². The summed E-state index contributed by atoms with van der Waals surface area (Å²) in [6.45, 7) is 2.44. The van der Waals surface area contributed by atoms with Gasteiger partial charge in [0.1, 0.15) is 12.3 Å². The third-order valence-electron chi connectivity index (χ3n) is 4.62. The Labute approximate surface area is 185 Å². The third kappa shape index (κ3) is 5.79. The Bertz CT molecular complexity index is 1080. The molecule has 0 fully saturated rings. The first-order chi connectivity index (χ1) is 15.0. The van der Waals surface area contributed by atoms with Gasteiger partial charge in [0.2, 0.25) is 5.91 Å². The zero-order chi connectivity index (χ0) is 22.2. The Morgan fingerprint density at radius 3 is 2.52 bits per heavy atom. The normalized spacial score (nSPS) is 11.5. The minimum atomic E-state index is -0.517. The number of nitrogens with zero attached hydrogens (tertiary/aromatic N) is 2. The van der Waals surface area contributed by atoms with E-state index in [1.807, 2.05) is 61.5 Å². The van der Waals surface area contributed by atoms with Crippen molar-refractivity contribution in [3.05, 3.63) is 64.9 Å². The van der Waals surface area contributed by atoms with Crippen LogP contribution in [0.3, 0.4) is 0 Å². The number of nitrogens with one attached hydrogen (secondary N) is 2.